The molecule has 0 atom stereocenters. The van der Waals surface area contributed by atoms with Crippen LogP contribution in [-0.4, -0.2) is 15.9 Å². The van der Waals surface area contributed by atoms with Crippen LogP contribution in [0.3, 0.4) is 0 Å². The monoisotopic (exact) mass is 396 g/mol. The summed E-state index contributed by atoms with van der Waals surface area (Å²) in [6.45, 7) is 2.59. The van der Waals surface area contributed by atoms with Gasteiger partial charge < -0.3 is 10.6 Å². The van der Waals surface area contributed by atoms with Crippen molar-refractivity contribution in [2.24, 2.45) is 0 Å². The van der Waals surface area contributed by atoms with E-state index in [9.17, 15) is 4.79 Å². The molecule has 6 heteroatoms. The predicted molar refractivity (Wildman–Crippen MR) is 103 cm³/mol. The van der Waals surface area contributed by atoms with Gasteiger partial charge in [0.2, 0.25) is 0 Å². The fourth-order valence-electron chi connectivity index (χ4n) is 2.29. The zero-order valence-electron chi connectivity index (χ0n) is 13.7. The lowest BCUT2D eigenvalue weighted by atomic mass is 10.2. The Morgan fingerprint density at radius 3 is 2.72 bits per heavy atom. The van der Waals surface area contributed by atoms with E-state index in [4.69, 9.17) is 0 Å². The number of amides is 1. The molecule has 5 nitrogen and oxygen atoms in total. The number of nitrogens with one attached hydrogen (secondary N) is 2. The Bertz CT molecular complexity index is 884. The molecule has 2 N–H and O–H groups in total. The normalized spacial score (nSPS) is 10.3. The molecule has 0 fully saturated rings. The molecule has 25 heavy (non-hydrogen) atoms. The van der Waals surface area contributed by atoms with Crippen molar-refractivity contribution in [1.29, 1.82) is 0 Å². The number of hydrogen-bond acceptors (Lipinski definition) is 4. The maximum absolute atomic E-state index is 12.4. The molecule has 0 aliphatic rings. The number of benzene rings is 1. The van der Waals surface area contributed by atoms with E-state index in [0.717, 1.165) is 27.0 Å². The van der Waals surface area contributed by atoms with Gasteiger partial charge in [-0.05, 0) is 48.4 Å². The van der Waals surface area contributed by atoms with Crippen molar-refractivity contribution in [1.82, 2.24) is 9.97 Å². The Kier molecular flexibility index (Phi) is 5.40. The van der Waals surface area contributed by atoms with E-state index in [1.54, 1.807) is 30.9 Å². The lowest BCUT2D eigenvalue weighted by Crippen LogP contribution is -2.13. The molecule has 0 bridgehead atoms. The lowest BCUT2D eigenvalue weighted by Gasteiger charge is -2.09. The van der Waals surface area contributed by atoms with Gasteiger partial charge in [-0.15, -0.1) is 0 Å². The van der Waals surface area contributed by atoms with E-state index in [-0.39, 0.29) is 5.91 Å². The van der Waals surface area contributed by atoms with E-state index in [1.165, 1.54) is 0 Å². The number of aromatic nitrogens is 2. The molecule has 3 rings (SSSR count). The summed E-state index contributed by atoms with van der Waals surface area (Å²) in [5.74, 6) is -0.195. The molecule has 2 heterocycles. The smallest absolute Gasteiger partial charge is 0.257 e. The van der Waals surface area contributed by atoms with Crippen LogP contribution in [0.5, 0.6) is 0 Å². The van der Waals surface area contributed by atoms with Gasteiger partial charge in [0.1, 0.15) is 0 Å². The summed E-state index contributed by atoms with van der Waals surface area (Å²) in [6.07, 6.45) is 6.78. The van der Waals surface area contributed by atoms with Gasteiger partial charge in [0.15, 0.2) is 0 Å². The van der Waals surface area contributed by atoms with Crippen LogP contribution in [-0.2, 0) is 6.54 Å². The molecule has 1 amide bonds. The maximum atomic E-state index is 12.4. The zero-order valence-corrected chi connectivity index (χ0v) is 15.2. The summed E-state index contributed by atoms with van der Waals surface area (Å²) < 4.78 is 1.01. The Morgan fingerprint density at radius 1 is 1.08 bits per heavy atom. The average molecular weight is 397 g/mol. The number of hydrogen-bond donors (Lipinski definition) is 2. The van der Waals surface area contributed by atoms with Crippen LogP contribution in [0.4, 0.5) is 11.4 Å². The Hall–Kier alpha value is -2.73. The third-order valence-electron chi connectivity index (χ3n) is 3.64. The van der Waals surface area contributed by atoms with Crippen molar-refractivity contribution >= 4 is 33.2 Å². The minimum absolute atomic E-state index is 0.195. The fourth-order valence-corrected chi connectivity index (χ4v) is 2.54. The summed E-state index contributed by atoms with van der Waals surface area (Å²) in [5.41, 5.74) is 4.14. The summed E-state index contributed by atoms with van der Waals surface area (Å²) in [7, 11) is 0. The van der Waals surface area contributed by atoms with Crippen LogP contribution in [0.25, 0.3) is 0 Å². The SMILES string of the molecule is Cc1cc(NC(=O)c2cncc(NCc3cccnc3)c2)ccc1Br. The van der Waals surface area contributed by atoms with E-state index < -0.39 is 0 Å². The lowest BCUT2D eigenvalue weighted by molar-refractivity contribution is 0.102. The van der Waals surface area contributed by atoms with Gasteiger partial charge >= 0.3 is 0 Å². The minimum Gasteiger partial charge on any atom is -0.380 e. The molecule has 0 spiro atoms. The summed E-state index contributed by atoms with van der Waals surface area (Å²) in [4.78, 5) is 20.7. The van der Waals surface area contributed by atoms with Crippen molar-refractivity contribution in [3.05, 3.63) is 82.3 Å². The number of nitrogens with zero attached hydrogens (tertiary/aromatic N) is 2. The fraction of sp³-hybridized carbons (Fsp3) is 0.105. The first-order valence-electron chi connectivity index (χ1n) is 7.77. The molecule has 0 aliphatic carbocycles. The molecule has 0 saturated carbocycles. The molecule has 0 radical (unpaired) electrons. The number of anilines is 2. The summed E-state index contributed by atoms with van der Waals surface area (Å²) >= 11 is 3.45. The maximum Gasteiger partial charge on any atom is 0.257 e. The molecular weight excluding hydrogens is 380 g/mol. The molecule has 0 unspecified atom stereocenters. The summed E-state index contributed by atoms with van der Waals surface area (Å²) in [6, 6.07) is 11.3. The van der Waals surface area contributed by atoms with Crippen molar-refractivity contribution in [2.45, 2.75) is 13.5 Å². The van der Waals surface area contributed by atoms with Gasteiger partial charge in [0, 0.05) is 41.5 Å². The second kappa shape index (κ2) is 7.90. The van der Waals surface area contributed by atoms with Crippen LogP contribution >= 0.6 is 15.9 Å². The number of pyridine rings is 2. The van der Waals surface area contributed by atoms with Gasteiger partial charge in [-0.1, -0.05) is 22.0 Å². The molecule has 126 valence electrons. The van der Waals surface area contributed by atoms with Gasteiger partial charge in [-0.2, -0.15) is 0 Å². The first-order chi connectivity index (χ1) is 12.1. The van der Waals surface area contributed by atoms with Crippen LogP contribution in [0.1, 0.15) is 21.5 Å². The quantitative estimate of drug-likeness (QED) is 0.669. The number of aryl methyl sites for hydroxylation is 1. The Morgan fingerprint density at radius 2 is 1.96 bits per heavy atom. The van der Waals surface area contributed by atoms with E-state index in [0.29, 0.717) is 12.1 Å². The van der Waals surface area contributed by atoms with Crippen molar-refractivity contribution in [3.8, 4) is 0 Å². The standard InChI is InChI=1S/C19H17BrN4O/c1-13-7-16(4-5-18(13)20)24-19(25)15-8-17(12-22-11-15)23-10-14-3-2-6-21-9-14/h2-9,11-12,23H,10H2,1H3,(H,24,25). The van der Waals surface area contributed by atoms with Crippen LogP contribution in [0.15, 0.2) is 65.7 Å². The van der Waals surface area contributed by atoms with Gasteiger partial charge in [-0.3, -0.25) is 14.8 Å². The highest BCUT2D eigenvalue weighted by Crippen LogP contribution is 2.20. The second-order valence-corrected chi connectivity index (χ2v) is 6.45. The third kappa shape index (κ3) is 4.64. The van der Waals surface area contributed by atoms with Crippen LogP contribution in [0, 0.1) is 6.92 Å². The first-order valence-corrected chi connectivity index (χ1v) is 8.56. The van der Waals surface area contributed by atoms with Gasteiger partial charge in [0.05, 0.1) is 11.3 Å². The summed E-state index contributed by atoms with van der Waals surface area (Å²) in [5, 5.41) is 6.14. The highest BCUT2D eigenvalue weighted by molar-refractivity contribution is 9.10. The average Bonchev–Trinajstić information content (AvgIpc) is 2.64. The van der Waals surface area contributed by atoms with Crippen molar-refractivity contribution < 1.29 is 4.79 Å². The second-order valence-electron chi connectivity index (χ2n) is 5.60. The zero-order chi connectivity index (χ0) is 17.6. The number of carbonyl (C=O) groups excluding carboxylic acids is 1. The Balaban J connectivity index is 1.67. The highest BCUT2D eigenvalue weighted by atomic mass is 79.9. The van der Waals surface area contributed by atoms with Gasteiger partial charge in [-0.25, -0.2) is 0 Å². The van der Waals surface area contributed by atoms with E-state index in [1.807, 2.05) is 37.3 Å². The van der Waals surface area contributed by atoms with Crippen molar-refractivity contribution in [2.75, 3.05) is 10.6 Å². The Labute approximate surface area is 154 Å². The highest BCUT2D eigenvalue weighted by Gasteiger charge is 2.08. The van der Waals surface area contributed by atoms with Gasteiger partial charge in [0.25, 0.3) is 5.91 Å². The first kappa shape index (κ1) is 17.1. The molecule has 2 aromatic heterocycles. The third-order valence-corrected chi connectivity index (χ3v) is 4.53. The minimum atomic E-state index is -0.195. The molecule has 0 saturated heterocycles. The molecule has 3 aromatic rings. The molecule has 0 aliphatic heterocycles. The van der Waals surface area contributed by atoms with E-state index in [2.05, 4.69) is 36.5 Å². The molecule has 1 aromatic carbocycles. The van der Waals surface area contributed by atoms with Crippen molar-refractivity contribution in [3.63, 3.8) is 0 Å². The van der Waals surface area contributed by atoms with Crippen LogP contribution < -0.4 is 10.6 Å². The number of rotatable bonds is 5. The van der Waals surface area contributed by atoms with Crippen LogP contribution in [0.2, 0.25) is 0 Å². The number of carbonyl (C=O) groups is 1. The topological polar surface area (TPSA) is 66.9 Å². The number of halogens is 1. The predicted octanol–water partition coefficient (Wildman–Crippen LogP) is 4.41. The van der Waals surface area contributed by atoms with E-state index >= 15 is 0 Å². The molecular formula is C19H17BrN4O. The largest absolute Gasteiger partial charge is 0.380 e.